The number of hydrogen-bond acceptors (Lipinski definition) is 4. The maximum atomic E-state index is 12.2. The zero-order valence-corrected chi connectivity index (χ0v) is 21.6. The van der Waals surface area contributed by atoms with Gasteiger partial charge in [-0.05, 0) is 38.5 Å². The van der Waals surface area contributed by atoms with Crippen LogP contribution in [0.4, 0.5) is 0 Å². The van der Waals surface area contributed by atoms with Gasteiger partial charge in [0.1, 0.15) is 0 Å². The summed E-state index contributed by atoms with van der Waals surface area (Å²) in [7, 11) is -4.33. The first kappa shape index (κ1) is 31.6. The zero-order chi connectivity index (χ0) is 24.8. The van der Waals surface area contributed by atoms with Crippen molar-refractivity contribution >= 4 is 16.0 Å². The third-order valence-electron chi connectivity index (χ3n) is 5.28. The number of nitrogens with one attached hydrogen (secondary N) is 1. The topological polar surface area (TPSA) is 104 Å². The molecule has 7 heteroatoms. The van der Waals surface area contributed by atoms with Gasteiger partial charge in [-0.2, -0.15) is 8.42 Å². The molecule has 0 aromatic heterocycles. The molecule has 0 aliphatic carbocycles. The second-order valence-electron chi connectivity index (χ2n) is 8.60. The zero-order valence-electron chi connectivity index (χ0n) is 20.8. The summed E-state index contributed by atoms with van der Waals surface area (Å²) >= 11 is 0. The molecule has 0 aliphatic heterocycles. The van der Waals surface area contributed by atoms with E-state index >= 15 is 0 Å². The first-order valence-electron chi connectivity index (χ1n) is 12.7. The van der Waals surface area contributed by atoms with E-state index in [1.165, 1.54) is 31.8 Å². The predicted molar refractivity (Wildman–Crippen MR) is 138 cm³/mol. The van der Waals surface area contributed by atoms with Gasteiger partial charge in [-0.15, -0.1) is 0 Å². The Hall–Kier alpha value is -1.44. The van der Waals surface area contributed by atoms with Crippen molar-refractivity contribution in [3.05, 3.63) is 36.5 Å². The van der Waals surface area contributed by atoms with E-state index in [4.69, 9.17) is 0 Å². The van der Waals surface area contributed by atoms with Crippen LogP contribution in [0.25, 0.3) is 0 Å². The number of carbonyl (C=O) groups excluding carboxylic acids is 1. The Morgan fingerprint density at radius 2 is 1.30 bits per heavy atom. The summed E-state index contributed by atoms with van der Waals surface area (Å²) in [5.41, 5.74) is 0. The van der Waals surface area contributed by atoms with E-state index in [9.17, 15) is 22.9 Å². The van der Waals surface area contributed by atoms with E-state index in [0.717, 1.165) is 51.4 Å². The molecule has 0 spiro atoms. The highest BCUT2D eigenvalue weighted by molar-refractivity contribution is 7.85. The summed E-state index contributed by atoms with van der Waals surface area (Å²) in [6, 6.07) is -1.07. The summed E-state index contributed by atoms with van der Waals surface area (Å²) in [5, 5.41) is 12.9. The van der Waals surface area contributed by atoms with Gasteiger partial charge in [-0.1, -0.05) is 95.2 Å². The van der Waals surface area contributed by atoms with Crippen LogP contribution in [0.2, 0.25) is 0 Å². The normalized spacial score (nSPS) is 14.4. The van der Waals surface area contributed by atoms with Crippen molar-refractivity contribution in [1.82, 2.24) is 5.32 Å². The first-order chi connectivity index (χ1) is 15.8. The highest BCUT2D eigenvalue weighted by atomic mass is 32.2. The number of unbranched alkanes of at least 4 members (excludes halogenated alkanes) is 9. The largest absolute Gasteiger partial charge is 0.387 e. The molecule has 1 amide bonds. The molecule has 2 unspecified atom stereocenters. The van der Waals surface area contributed by atoms with Gasteiger partial charge in [-0.3, -0.25) is 9.35 Å². The second-order valence-corrected chi connectivity index (χ2v) is 10.1. The summed E-state index contributed by atoms with van der Waals surface area (Å²) in [6.45, 7) is 4.33. The number of allylic oxidation sites excluding steroid dienone is 5. The number of hydrogen-bond donors (Lipinski definition) is 3. The molecule has 0 aromatic carbocycles. The second kappa shape index (κ2) is 21.1. The smallest absolute Gasteiger partial charge is 0.267 e. The van der Waals surface area contributed by atoms with Gasteiger partial charge < -0.3 is 10.4 Å². The fraction of sp³-hybridized carbons (Fsp3) is 0.731. The van der Waals surface area contributed by atoms with E-state index in [1.54, 1.807) is 6.08 Å². The molecule has 0 fully saturated rings. The Morgan fingerprint density at radius 3 is 1.85 bits per heavy atom. The minimum Gasteiger partial charge on any atom is -0.387 e. The van der Waals surface area contributed by atoms with Crippen molar-refractivity contribution in [2.24, 2.45) is 0 Å². The van der Waals surface area contributed by atoms with Gasteiger partial charge in [0.2, 0.25) is 5.91 Å². The minimum absolute atomic E-state index is 0.282. The van der Waals surface area contributed by atoms with Crippen LogP contribution in [0.5, 0.6) is 0 Å². The van der Waals surface area contributed by atoms with E-state index in [0.29, 0.717) is 6.42 Å². The van der Waals surface area contributed by atoms with Crippen LogP contribution in [0.1, 0.15) is 104 Å². The fourth-order valence-electron chi connectivity index (χ4n) is 3.37. The molecular formula is C26H47NO5S. The Bertz CT molecular complexity index is 670. The van der Waals surface area contributed by atoms with E-state index < -0.39 is 28.0 Å². The van der Waals surface area contributed by atoms with Crippen molar-refractivity contribution in [2.45, 2.75) is 116 Å². The summed E-state index contributed by atoms with van der Waals surface area (Å²) < 4.78 is 31.9. The molecule has 6 nitrogen and oxygen atoms in total. The number of rotatable bonds is 21. The van der Waals surface area contributed by atoms with Crippen LogP contribution in [0, 0.1) is 0 Å². The lowest BCUT2D eigenvalue weighted by atomic mass is 10.1. The lowest BCUT2D eigenvalue weighted by Gasteiger charge is -2.21. The minimum atomic E-state index is -4.33. The lowest BCUT2D eigenvalue weighted by Crippen LogP contribution is -2.46. The molecule has 0 saturated heterocycles. The lowest BCUT2D eigenvalue weighted by molar-refractivity contribution is -0.122. The van der Waals surface area contributed by atoms with Gasteiger partial charge >= 0.3 is 0 Å². The van der Waals surface area contributed by atoms with Gasteiger partial charge in [0.25, 0.3) is 10.1 Å². The van der Waals surface area contributed by atoms with Crippen LogP contribution in [-0.4, -0.2) is 41.9 Å². The molecule has 0 rings (SSSR count). The Morgan fingerprint density at radius 1 is 0.788 bits per heavy atom. The molecule has 0 heterocycles. The maximum Gasteiger partial charge on any atom is 0.267 e. The molecule has 0 bridgehead atoms. The van der Waals surface area contributed by atoms with Crippen molar-refractivity contribution in [3.63, 3.8) is 0 Å². The van der Waals surface area contributed by atoms with E-state index in [1.807, 2.05) is 0 Å². The average molecular weight is 486 g/mol. The fourth-order valence-corrected chi connectivity index (χ4v) is 4.10. The maximum absolute atomic E-state index is 12.2. The van der Waals surface area contributed by atoms with Crippen molar-refractivity contribution < 1.29 is 22.9 Å². The van der Waals surface area contributed by atoms with Crippen LogP contribution in [-0.2, 0) is 14.9 Å². The van der Waals surface area contributed by atoms with Crippen LogP contribution in [0.3, 0.4) is 0 Å². The molecular weight excluding hydrogens is 438 g/mol. The summed E-state index contributed by atoms with van der Waals surface area (Å²) in [5.74, 6) is -1.02. The van der Waals surface area contributed by atoms with Crippen LogP contribution in [0.15, 0.2) is 36.5 Å². The highest BCUT2D eigenvalue weighted by Gasteiger charge is 2.24. The molecule has 0 aromatic rings. The number of amides is 1. The third kappa shape index (κ3) is 22.1. The van der Waals surface area contributed by atoms with Gasteiger partial charge in [-0.25, -0.2) is 0 Å². The van der Waals surface area contributed by atoms with E-state index in [2.05, 4.69) is 43.5 Å². The number of aliphatic hydroxyl groups excluding tert-OH is 1. The van der Waals surface area contributed by atoms with Crippen molar-refractivity contribution in [1.29, 1.82) is 0 Å². The molecule has 192 valence electrons. The number of carbonyl (C=O) groups is 1. The summed E-state index contributed by atoms with van der Waals surface area (Å²) in [6.07, 6.45) is 24.4. The average Bonchev–Trinajstić information content (AvgIpc) is 2.75. The SMILES string of the molecule is CCC/C=C/CC/C=C/CC/C=C/C(O)C(CS(=O)(=O)O)NC(=O)CCCCCCCCC. The summed E-state index contributed by atoms with van der Waals surface area (Å²) in [4.78, 5) is 12.2. The van der Waals surface area contributed by atoms with Crippen molar-refractivity contribution in [2.75, 3.05) is 5.75 Å². The van der Waals surface area contributed by atoms with E-state index in [-0.39, 0.29) is 12.3 Å². The van der Waals surface area contributed by atoms with Crippen molar-refractivity contribution in [3.8, 4) is 0 Å². The monoisotopic (exact) mass is 485 g/mol. The molecule has 0 aliphatic rings. The molecule has 0 radical (unpaired) electrons. The van der Waals surface area contributed by atoms with Crippen LogP contribution < -0.4 is 5.32 Å². The molecule has 0 saturated carbocycles. The molecule has 2 atom stereocenters. The third-order valence-corrected chi connectivity index (χ3v) is 6.06. The highest BCUT2D eigenvalue weighted by Crippen LogP contribution is 2.09. The standard InChI is InChI=1S/C26H47NO5S/c1-3-5-7-9-11-12-13-14-16-17-19-21-25(28)24(23-33(30,31)32)27-26(29)22-20-18-15-10-8-6-4-2/h7,9,13-14,19,21,24-25,28H,3-6,8,10-12,15-18,20,22-23H2,1-2H3,(H,27,29)(H,30,31,32)/b9-7+,14-13+,21-19+. The van der Waals surface area contributed by atoms with Gasteiger partial charge in [0.15, 0.2) is 0 Å². The Kier molecular flexibility index (Phi) is 20.2. The van der Waals surface area contributed by atoms with Gasteiger partial charge in [0, 0.05) is 6.42 Å². The first-order valence-corrected chi connectivity index (χ1v) is 14.3. The van der Waals surface area contributed by atoms with Gasteiger partial charge in [0.05, 0.1) is 17.9 Å². The molecule has 33 heavy (non-hydrogen) atoms. The number of aliphatic hydroxyl groups is 1. The Labute approximate surface area is 202 Å². The Balaban J connectivity index is 4.34. The molecule has 3 N–H and O–H groups in total. The quantitative estimate of drug-likeness (QED) is 0.107. The van der Waals surface area contributed by atoms with Crippen LogP contribution >= 0.6 is 0 Å². The predicted octanol–water partition coefficient (Wildman–Crippen LogP) is 5.89.